The van der Waals surface area contributed by atoms with E-state index >= 15 is 0 Å². The molecule has 2 heterocycles. The Bertz CT molecular complexity index is 346. The molecule has 1 atom stereocenters. The van der Waals surface area contributed by atoms with E-state index in [4.69, 9.17) is 0 Å². The molecule has 2 nitrogen and oxygen atoms in total. The molecule has 2 rings (SSSR count). The molecule has 0 amide bonds. The molecule has 0 saturated carbocycles. The molecule has 0 bridgehead atoms. The minimum atomic E-state index is 0.558. The number of pyridine rings is 1. The van der Waals surface area contributed by atoms with Gasteiger partial charge in [-0.3, -0.25) is 9.88 Å². The molecule has 0 unspecified atom stereocenters. The van der Waals surface area contributed by atoms with E-state index in [9.17, 15) is 0 Å². The molecule has 1 aliphatic rings. The standard InChI is InChI=1S/C14H22N2/c1-11(2)10-16-8-4-5-14(16)13-9-12(3)6-7-15-13/h6-7,9,11,14H,4-5,8,10H2,1-3H3/t14-/m0/s1. The Morgan fingerprint density at radius 3 is 3.00 bits per heavy atom. The molecule has 1 aliphatic heterocycles. The fraction of sp³-hybridized carbons (Fsp3) is 0.643. The number of rotatable bonds is 3. The van der Waals surface area contributed by atoms with Crippen molar-refractivity contribution in [1.29, 1.82) is 0 Å². The van der Waals surface area contributed by atoms with Crippen LogP contribution in [-0.2, 0) is 0 Å². The van der Waals surface area contributed by atoms with E-state index in [-0.39, 0.29) is 0 Å². The molecule has 1 fully saturated rings. The van der Waals surface area contributed by atoms with Crippen LogP contribution in [0, 0.1) is 12.8 Å². The van der Waals surface area contributed by atoms with Crippen LogP contribution in [0.3, 0.4) is 0 Å². The second-order valence-corrected chi connectivity index (χ2v) is 5.30. The molecule has 16 heavy (non-hydrogen) atoms. The van der Waals surface area contributed by atoms with Crippen LogP contribution < -0.4 is 0 Å². The Morgan fingerprint density at radius 2 is 2.31 bits per heavy atom. The van der Waals surface area contributed by atoms with E-state index in [0.29, 0.717) is 6.04 Å². The van der Waals surface area contributed by atoms with E-state index in [1.807, 2.05) is 6.20 Å². The van der Waals surface area contributed by atoms with Gasteiger partial charge in [0.25, 0.3) is 0 Å². The number of likely N-dealkylation sites (tertiary alicyclic amines) is 1. The molecule has 1 saturated heterocycles. The lowest BCUT2D eigenvalue weighted by Gasteiger charge is -2.25. The summed E-state index contributed by atoms with van der Waals surface area (Å²) in [6.45, 7) is 9.16. The highest BCUT2D eigenvalue weighted by molar-refractivity contribution is 5.18. The molecular formula is C14H22N2. The van der Waals surface area contributed by atoms with Crippen molar-refractivity contribution in [2.75, 3.05) is 13.1 Å². The van der Waals surface area contributed by atoms with Crippen molar-refractivity contribution >= 4 is 0 Å². The van der Waals surface area contributed by atoms with Crippen LogP contribution in [0.1, 0.15) is 44.0 Å². The molecule has 0 spiro atoms. The predicted octanol–water partition coefficient (Wildman–Crippen LogP) is 3.18. The van der Waals surface area contributed by atoms with Crippen molar-refractivity contribution in [2.45, 2.75) is 39.7 Å². The minimum Gasteiger partial charge on any atom is -0.295 e. The van der Waals surface area contributed by atoms with Gasteiger partial charge in [0.05, 0.1) is 11.7 Å². The maximum absolute atomic E-state index is 4.54. The highest BCUT2D eigenvalue weighted by Crippen LogP contribution is 2.31. The van der Waals surface area contributed by atoms with Crippen LogP contribution >= 0.6 is 0 Å². The molecule has 1 aromatic heterocycles. The lowest BCUT2D eigenvalue weighted by Crippen LogP contribution is -2.27. The number of hydrogen-bond donors (Lipinski definition) is 0. The van der Waals surface area contributed by atoms with Gasteiger partial charge in [0.2, 0.25) is 0 Å². The zero-order valence-electron chi connectivity index (χ0n) is 10.6. The van der Waals surface area contributed by atoms with Crippen molar-refractivity contribution < 1.29 is 0 Å². The van der Waals surface area contributed by atoms with Crippen molar-refractivity contribution in [1.82, 2.24) is 9.88 Å². The summed E-state index contributed by atoms with van der Waals surface area (Å²) in [5.74, 6) is 0.741. The first-order valence-electron chi connectivity index (χ1n) is 6.33. The zero-order chi connectivity index (χ0) is 11.5. The molecule has 88 valence electrons. The van der Waals surface area contributed by atoms with Crippen molar-refractivity contribution in [3.8, 4) is 0 Å². The summed E-state index contributed by atoms with van der Waals surface area (Å²) in [7, 11) is 0. The normalized spacial score (nSPS) is 21.9. The summed E-state index contributed by atoms with van der Waals surface area (Å²) in [4.78, 5) is 7.13. The summed E-state index contributed by atoms with van der Waals surface area (Å²) in [6.07, 6.45) is 4.52. The first-order chi connectivity index (χ1) is 7.66. The van der Waals surface area contributed by atoms with Gasteiger partial charge in [-0.25, -0.2) is 0 Å². The Morgan fingerprint density at radius 1 is 1.50 bits per heavy atom. The molecule has 0 aliphatic carbocycles. The smallest absolute Gasteiger partial charge is 0.0578 e. The fourth-order valence-corrected chi connectivity index (χ4v) is 2.59. The molecular weight excluding hydrogens is 196 g/mol. The van der Waals surface area contributed by atoms with Crippen LogP contribution in [0.5, 0.6) is 0 Å². The third-order valence-corrected chi connectivity index (χ3v) is 3.24. The number of hydrogen-bond acceptors (Lipinski definition) is 2. The van der Waals surface area contributed by atoms with Crippen molar-refractivity contribution in [2.24, 2.45) is 5.92 Å². The maximum atomic E-state index is 4.54. The Kier molecular flexibility index (Phi) is 3.59. The Balaban J connectivity index is 2.13. The highest BCUT2D eigenvalue weighted by atomic mass is 15.2. The molecule has 2 heteroatoms. The Hall–Kier alpha value is -0.890. The van der Waals surface area contributed by atoms with Crippen LogP contribution in [-0.4, -0.2) is 23.0 Å². The van der Waals surface area contributed by atoms with E-state index in [1.54, 1.807) is 0 Å². The maximum Gasteiger partial charge on any atom is 0.0578 e. The van der Waals surface area contributed by atoms with Gasteiger partial charge in [-0.15, -0.1) is 0 Å². The van der Waals surface area contributed by atoms with Gasteiger partial charge in [-0.1, -0.05) is 13.8 Å². The monoisotopic (exact) mass is 218 g/mol. The van der Waals surface area contributed by atoms with Crippen molar-refractivity contribution in [3.63, 3.8) is 0 Å². The second-order valence-electron chi connectivity index (χ2n) is 5.30. The summed E-state index contributed by atoms with van der Waals surface area (Å²) in [5.41, 5.74) is 2.58. The first kappa shape index (κ1) is 11.6. The predicted molar refractivity (Wildman–Crippen MR) is 67.4 cm³/mol. The quantitative estimate of drug-likeness (QED) is 0.774. The average molecular weight is 218 g/mol. The molecule has 0 radical (unpaired) electrons. The van der Waals surface area contributed by atoms with Crippen LogP contribution in [0.15, 0.2) is 18.3 Å². The lowest BCUT2D eigenvalue weighted by atomic mass is 10.1. The highest BCUT2D eigenvalue weighted by Gasteiger charge is 2.27. The van der Waals surface area contributed by atoms with E-state index in [1.165, 1.54) is 37.2 Å². The SMILES string of the molecule is Cc1ccnc([C@@H]2CCCN2CC(C)C)c1. The van der Waals surface area contributed by atoms with Gasteiger partial charge in [0.15, 0.2) is 0 Å². The number of aryl methyl sites for hydroxylation is 1. The molecule has 0 aromatic carbocycles. The van der Waals surface area contributed by atoms with Gasteiger partial charge in [-0.05, 0) is 49.9 Å². The minimum absolute atomic E-state index is 0.558. The zero-order valence-corrected chi connectivity index (χ0v) is 10.6. The molecule has 0 N–H and O–H groups in total. The third kappa shape index (κ3) is 2.62. The van der Waals surface area contributed by atoms with Crippen LogP contribution in [0.2, 0.25) is 0 Å². The van der Waals surface area contributed by atoms with Crippen LogP contribution in [0.4, 0.5) is 0 Å². The third-order valence-electron chi connectivity index (χ3n) is 3.24. The van der Waals surface area contributed by atoms with Gasteiger partial charge >= 0.3 is 0 Å². The fourth-order valence-electron chi connectivity index (χ4n) is 2.59. The van der Waals surface area contributed by atoms with Gasteiger partial charge in [0.1, 0.15) is 0 Å². The van der Waals surface area contributed by atoms with Gasteiger partial charge in [0, 0.05) is 12.7 Å². The Labute approximate surface area is 98.7 Å². The van der Waals surface area contributed by atoms with E-state index in [2.05, 4.69) is 42.8 Å². The second kappa shape index (κ2) is 4.96. The summed E-state index contributed by atoms with van der Waals surface area (Å²) in [5, 5.41) is 0. The lowest BCUT2D eigenvalue weighted by molar-refractivity contribution is 0.225. The van der Waals surface area contributed by atoms with E-state index < -0.39 is 0 Å². The van der Waals surface area contributed by atoms with Crippen molar-refractivity contribution in [3.05, 3.63) is 29.6 Å². The average Bonchev–Trinajstić information content (AvgIpc) is 2.65. The summed E-state index contributed by atoms with van der Waals surface area (Å²) in [6, 6.07) is 4.87. The molecule has 1 aromatic rings. The largest absolute Gasteiger partial charge is 0.295 e. The topological polar surface area (TPSA) is 16.1 Å². The van der Waals surface area contributed by atoms with E-state index in [0.717, 1.165) is 5.92 Å². The van der Waals surface area contributed by atoms with Crippen LogP contribution in [0.25, 0.3) is 0 Å². The van der Waals surface area contributed by atoms with Gasteiger partial charge < -0.3 is 0 Å². The van der Waals surface area contributed by atoms with Gasteiger partial charge in [-0.2, -0.15) is 0 Å². The first-order valence-corrected chi connectivity index (χ1v) is 6.33. The summed E-state index contributed by atoms with van der Waals surface area (Å²) >= 11 is 0. The number of aromatic nitrogens is 1. The summed E-state index contributed by atoms with van der Waals surface area (Å²) < 4.78 is 0. The number of nitrogens with zero attached hydrogens (tertiary/aromatic N) is 2.